The molecule has 1 fully saturated rings. The molecule has 6 nitrogen and oxygen atoms in total. The van der Waals surface area contributed by atoms with Gasteiger partial charge in [0.05, 0.1) is 6.10 Å². The summed E-state index contributed by atoms with van der Waals surface area (Å²) in [5.41, 5.74) is 1.54. The molecule has 2 rings (SSSR count). The molecule has 0 bridgehead atoms. The van der Waals surface area contributed by atoms with Crippen LogP contribution in [0.25, 0.3) is 0 Å². The molecule has 1 atom stereocenters. The molecule has 0 aromatic rings. The van der Waals surface area contributed by atoms with Gasteiger partial charge in [0.1, 0.15) is 6.54 Å². The van der Waals surface area contributed by atoms with Gasteiger partial charge in [-0.3, -0.25) is 4.79 Å². The van der Waals surface area contributed by atoms with Crippen LogP contribution in [-0.2, 0) is 9.53 Å². The van der Waals surface area contributed by atoms with Crippen molar-refractivity contribution in [2.75, 3.05) is 40.3 Å². The van der Waals surface area contributed by atoms with Gasteiger partial charge in [-0.25, -0.2) is 4.99 Å². The van der Waals surface area contributed by atoms with E-state index in [1.165, 1.54) is 31.3 Å². The summed E-state index contributed by atoms with van der Waals surface area (Å²) in [6, 6.07) is 0. The smallest absolute Gasteiger partial charge is 0.243 e. The fourth-order valence-corrected chi connectivity index (χ4v) is 2.95. The Morgan fingerprint density at radius 1 is 1.33 bits per heavy atom. The van der Waals surface area contributed by atoms with E-state index in [0.717, 1.165) is 39.0 Å². The van der Waals surface area contributed by atoms with Crippen molar-refractivity contribution in [3.8, 4) is 0 Å². The van der Waals surface area contributed by atoms with Crippen LogP contribution in [0.5, 0.6) is 0 Å². The molecule has 136 valence electrons. The highest BCUT2D eigenvalue weighted by molar-refractivity contribution is 5.84. The van der Waals surface area contributed by atoms with E-state index in [4.69, 9.17) is 4.74 Å². The molecule has 6 heteroatoms. The van der Waals surface area contributed by atoms with Gasteiger partial charge in [-0.1, -0.05) is 11.6 Å². The summed E-state index contributed by atoms with van der Waals surface area (Å²) in [6.45, 7) is 2.60. The second-order valence-electron chi connectivity index (χ2n) is 6.75. The Hall–Kier alpha value is -1.56. The van der Waals surface area contributed by atoms with Crippen LogP contribution in [-0.4, -0.2) is 63.2 Å². The van der Waals surface area contributed by atoms with E-state index in [1.54, 1.807) is 19.0 Å². The number of nitrogens with one attached hydrogen (secondary N) is 2. The first-order valence-corrected chi connectivity index (χ1v) is 9.17. The average molecular weight is 336 g/mol. The number of aliphatic imine (C=N–C) groups is 1. The number of carbonyl (C=O) groups is 1. The predicted octanol–water partition coefficient (Wildman–Crippen LogP) is 1.68. The molecule has 2 aliphatic rings. The Morgan fingerprint density at radius 3 is 2.88 bits per heavy atom. The summed E-state index contributed by atoms with van der Waals surface area (Å²) >= 11 is 0. The number of nitrogens with zero attached hydrogens (tertiary/aromatic N) is 2. The van der Waals surface area contributed by atoms with E-state index in [9.17, 15) is 4.79 Å². The lowest BCUT2D eigenvalue weighted by molar-refractivity contribution is -0.127. The lowest BCUT2D eigenvalue weighted by Crippen LogP contribution is -2.42. The highest BCUT2D eigenvalue weighted by Gasteiger charge is 2.16. The maximum Gasteiger partial charge on any atom is 0.243 e. The first-order valence-electron chi connectivity index (χ1n) is 9.17. The summed E-state index contributed by atoms with van der Waals surface area (Å²) in [5, 5.41) is 6.67. The van der Waals surface area contributed by atoms with Crippen LogP contribution in [0.2, 0.25) is 0 Å². The second-order valence-corrected chi connectivity index (χ2v) is 6.75. The minimum absolute atomic E-state index is 0.00297. The van der Waals surface area contributed by atoms with Crippen molar-refractivity contribution in [3.05, 3.63) is 11.6 Å². The predicted molar refractivity (Wildman–Crippen MR) is 97.1 cm³/mol. The monoisotopic (exact) mass is 336 g/mol. The van der Waals surface area contributed by atoms with Gasteiger partial charge in [0, 0.05) is 33.8 Å². The van der Waals surface area contributed by atoms with Crippen molar-refractivity contribution in [2.45, 2.75) is 51.0 Å². The van der Waals surface area contributed by atoms with Crippen LogP contribution in [0.15, 0.2) is 16.6 Å². The summed E-state index contributed by atoms with van der Waals surface area (Å²) < 4.78 is 5.64. The van der Waals surface area contributed by atoms with Gasteiger partial charge in [-0.05, 0) is 44.9 Å². The third-order valence-electron chi connectivity index (χ3n) is 4.52. The summed E-state index contributed by atoms with van der Waals surface area (Å²) in [4.78, 5) is 17.7. The second kappa shape index (κ2) is 10.3. The van der Waals surface area contributed by atoms with Crippen molar-refractivity contribution in [1.29, 1.82) is 0 Å². The van der Waals surface area contributed by atoms with E-state index in [2.05, 4.69) is 21.7 Å². The Kier molecular flexibility index (Phi) is 8.08. The zero-order valence-corrected chi connectivity index (χ0v) is 15.1. The van der Waals surface area contributed by atoms with Crippen molar-refractivity contribution in [3.63, 3.8) is 0 Å². The number of rotatable bonds is 7. The number of likely N-dealkylation sites (N-methyl/N-ethyl adjacent to an activating group) is 1. The highest BCUT2D eigenvalue weighted by Crippen LogP contribution is 2.19. The molecule has 1 amide bonds. The number of hydrogen-bond acceptors (Lipinski definition) is 3. The van der Waals surface area contributed by atoms with E-state index >= 15 is 0 Å². The topological polar surface area (TPSA) is 66.0 Å². The molecule has 0 radical (unpaired) electrons. The molecule has 1 aliphatic carbocycles. The molecule has 24 heavy (non-hydrogen) atoms. The third kappa shape index (κ3) is 6.91. The SMILES string of the molecule is CN(C)C(=O)CN=C(NCCC1=CCCCC1)NCC1CCCO1. The first-order chi connectivity index (χ1) is 11.6. The van der Waals surface area contributed by atoms with E-state index < -0.39 is 0 Å². The summed E-state index contributed by atoms with van der Waals surface area (Å²) in [5.74, 6) is 0.709. The zero-order chi connectivity index (χ0) is 17.2. The molecule has 2 N–H and O–H groups in total. The normalized spacial score (nSPS) is 21.3. The van der Waals surface area contributed by atoms with Crippen LogP contribution < -0.4 is 10.6 Å². The van der Waals surface area contributed by atoms with Gasteiger partial charge in [0.25, 0.3) is 0 Å². The molecule has 1 aliphatic heterocycles. The Balaban J connectivity index is 1.79. The van der Waals surface area contributed by atoms with Crippen LogP contribution in [0.1, 0.15) is 44.9 Å². The van der Waals surface area contributed by atoms with Crippen LogP contribution in [0.3, 0.4) is 0 Å². The van der Waals surface area contributed by atoms with E-state index in [0.29, 0.717) is 5.96 Å². The number of carbonyl (C=O) groups excluding carboxylic acids is 1. The molecule has 0 saturated carbocycles. The maximum absolute atomic E-state index is 11.8. The first kappa shape index (κ1) is 18.8. The minimum atomic E-state index is 0.00297. The van der Waals surface area contributed by atoms with E-state index in [1.807, 2.05) is 0 Å². The molecule has 0 spiro atoms. The van der Waals surface area contributed by atoms with Crippen molar-refractivity contribution < 1.29 is 9.53 Å². The lowest BCUT2D eigenvalue weighted by atomic mass is 9.97. The average Bonchev–Trinajstić information content (AvgIpc) is 3.10. The maximum atomic E-state index is 11.8. The molecule has 0 aromatic carbocycles. The van der Waals surface area contributed by atoms with Gasteiger partial charge >= 0.3 is 0 Å². The van der Waals surface area contributed by atoms with Gasteiger partial charge in [0.15, 0.2) is 5.96 Å². The number of guanidine groups is 1. The summed E-state index contributed by atoms with van der Waals surface area (Å²) in [7, 11) is 3.50. The highest BCUT2D eigenvalue weighted by atomic mass is 16.5. The molecule has 0 aromatic heterocycles. The Labute approximate surface area is 145 Å². The lowest BCUT2D eigenvalue weighted by Gasteiger charge is -2.17. The van der Waals surface area contributed by atoms with Crippen LogP contribution in [0.4, 0.5) is 0 Å². The number of ether oxygens (including phenoxy) is 1. The quantitative estimate of drug-likeness (QED) is 0.422. The molecule has 1 unspecified atom stereocenters. The zero-order valence-electron chi connectivity index (χ0n) is 15.1. The largest absolute Gasteiger partial charge is 0.376 e. The molecular formula is C18H32N4O2. The third-order valence-corrected chi connectivity index (χ3v) is 4.52. The standard InChI is InChI=1S/C18H32N4O2/c1-22(2)17(23)14-21-18(20-13-16-9-6-12-24-16)19-11-10-15-7-4-3-5-8-15/h7,16H,3-6,8-14H2,1-2H3,(H2,19,20,21). The Morgan fingerprint density at radius 2 is 2.21 bits per heavy atom. The van der Waals surface area contributed by atoms with Gasteiger partial charge in [-0.2, -0.15) is 0 Å². The fraction of sp³-hybridized carbons (Fsp3) is 0.778. The van der Waals surface area contributed by atoms with Crippen LogP contribution >= 0.6 is 0 Å². The fourth-order valence-electron chi connectivity index (χ4n) is 2.95. The summed E-state index contributed by atoms with van der Waals surface area (Å²) in [6.07, 6.45) is 10.9. The molecule has 1 saturated heterocycles. The van der Waals surface area contributed by atoms with Crippen molar-refractivity contribution in [1.82, 2.24) is 15.5 Å². The number of hydrogen-bond donors (Lipinski definition) is 2. The van der Waals surface area contributed by atoms with E-state index in [-0.39, 0.29) is 18.6 Å². The van der Waals surface area contributed by atoms with Crippen molar-refractivity contribution >= 4 is 11.9 Å². The molecule has 1 heterocycles. The van der Waals surface area contributed by atoms with Crippen LogP contribution in [0, 0.1) is 0 Å². The Bertz CT molecular complexity index is 454. The molecular weight excluding hydrogens is 304 g/mol. The van der Waals surface area contributed by atoms with Crippen molar-refractivity contribution in [2.24, 2.45) is 4.99 Å². The van der Waals surface area contributed by atoms with Gasteiger partial charge < -0.3 is 20.3 Å². The van der Waals surface area contributed by atoms with Gasteiger partial charge in [0.2, 0.25) is 5.91 Å². The minimum Gasteiger partial charge on any atom is -0.376 e. The number of allylic oxidation sites excluding steroid dienone is 1. The number of amides is 1. The van der Waals surface area contributed by atoms with Gasteiger partial charge in [-0.15, -0.1) is 0 Å².